The van der Waals surface area contributed by atoms with Crippen molar-refractivity contribution in [2.75, 3.05) is 11.1 Å². The zero-order chi connectivity index (χ0) is 17.0. The summed E-state index contributed by atoms with van der Waals surface area (Å²) in [5, 5.41) is 2.75. The molecule has 1 unspecified atom stereocenters. The number of thioether (sulfide) groups is 1. The largest absolute Gasteiger partial charge is 0.383 e. The normalized spacial score (nSPS) is 12.2. The first-order chi connectivity index (χ1) is 10.8. The molecule has 23 heavy (non-hydrogen) atoms. The van der Waals surface area contributed by atoms with Gasteiger partial charge in [0.25, 0.3) is 5.56 Å². The monoisotopic (exact) mass is 332 g/mol. The Kier molecular flexibility index (Phi) is 5.44. The van der Waals surface area contributed by atoms with Crippen LogP contribution in [0.5, 0.6) is 0 Å². The van der Waals surface area contributed by atoms with Crippen molar-refractivity contribution >= 4 is 29.2 Å². The number of nitrogens with one attached hydrogen (secondary N) is 2. The van der Waals surface area contributed by atoms with E-state index in [1.807, 2.05) is 24.3 Å². The highest BCUT2D eigenvalue weighted by molar-refractivity contribution is 8.00. The van der Waals surface area contributed by atoms with Crippen molar-refractivity contribution in [3.05, 3.63) is 46.2 Å². The van der Waals surface area contributed by atoms with E-state index in [0.717, 1.165) is 17.4 Å². The molecule has 1 aromatic carbocycles. The Balaban J connectivity index is 2.00. The van der Waals surface area contributed by atoms with Crippen LogP contribution in [0.25, 0.3) is 0 Å². The third-order valence-electron chi connectivity index (χ3n) is 3.24. The molecule has 1 atom stereocenters. The standard InChI is InChI=1S/C16H20N4O2S/c1-9(2)11-4-6-12(7-5-11)18-15(22)10(3)23-16-19-13(17)8-14(21)20-16/h4-10H,1-3H3,(H,18,22)(H3,17,19,20,21). The SMILES string of the molecule is CC(Sc1nc(N)cc(=O)[nH]1)C(=O)Nc1ccc(C(C)C)cc1. The highest BCUT2D eigenvalue weighted by Gasteiger charge is 2.16. The van der Waals surface area contributed by atoms with Gasteiger partial charge in [-0.1, -0.05) is 37.7 Å². The molecule has 0 spiro atoms. The maximum absolute atomic E-state index is 12.2. The van der Waals surface area contributed by atoms with Gasteiger partial charge in [0.1, 0.15) is 5.82 Å². The Bertz CT molecular complexity index is 740. The summed E-state index contributed by atoms with van der Waals surface area (Å²) in [5.74, 6) is 0.408. The van der Waals surface area contributed by atoms with E-state index in [1.165, 1.54) is 11.6 Å². The van der Waals surface area contributed by atoms with Gasteiger partial charge in [0.2, 0.25) is 5.91 Å². The van der Waals surface area contributed by atoms with E-state index in [9.17, 15) is 9.59 Å². The van der Waals surface area contributed by atoms with Gasteiger partial charge in [0.15, 0.2) is 5.16 Å². The second-order valence-electron chi connectivity index (χ2n) is 5.50. The zero-order valence-electron chi connectivity index (χ0n) is 13.3. The van der Waals surface area contributed by atoms with Crippen LogP contribution in [0.1, 0.15) is 32.3 Å². The number of nitrogens with two attached hydrogens (primary N) is 1. The number of nitrogens with zero attached hydrogens (tertiary/aromatic N) is 1. The van der Waals surface area contributed by atoms with Crippen molar-refractivity contribution in [2.45, 2.75) is 37.1 Å². The van der Waals surface area contributed by atoms with Gasteiger partial charge in [-0.2, -0.15) is 0 Å². The fraction of sp³-hybridized carbons (Fsp3) is 0.312. The Hall–Kier alpha value is -2.28. The lowest BCUT2D eigenvalue weighted by atomic mass is 10.0. The molecule has 1 amide bonds. The second-order valence-corrected chi connectivity index (χ2v) is 6.83. The molecule has 0 bridgehead atoms. The maximum Gasteiger partial charge on any atom is 0.253 e. The van der Waals surface area contributed by atoms with Gasteiger partial charge in [0, 0.05) is 11.8 Å². The molecule has 0 aliphatic carbocycles. The van der Waals surface area contributed by atoms with Crippen LogP contribution in [0, 0.1) is 0 Å². The molecule has 6 nitrogen and oxygen atoms in total. The Morgan fingerprint density at radius 2 is 1.91 bits per heavy atom. The average molecular weight is 332 g/mol. The van der Waals surface area contributed by atoms with E-state index in [2.05, 4.69) is 29.1 Å². The fourth-order valence-corrected chi connectivity index (χ4v) is 2.74. The Labute approximate surface area is 138 Å². The number of carbonyl (C=O) groups is 1. The molecular formula is C16H20N4O2S. The molecule has 2 rings (SSSR count). The van der Waals surface area contributed by atoms with Crippen molar-refractivity contribution in [2.24, 2.45) is 0 Å². The van der Waals surface area contributed by atoms with E-state index in [-0.39, 0.29) is 17.3 Å². The van der Waals surface area contributed by atoms with E-state index in [1.54, 1.807) is 6.92 Å². The van der Waals surface area contributed by atoms with Crippen LogP contribution in [0.3, 0.4) is 0 Å². The van der Waals surface area contributed by atoms with Crippen LogP contribution in [0.2, 0.25) is 0 Å². The van der Waals surface area contributed by atoms with Crippen molar-refractivity contribution in [3.63, 3.8) is 0 Å². The molecule has 7 heteroatoms. The minimum Gasteiger partial charge on any atom is -0.383 e. The van der Waals surface area contributed by atoms with Gasteiger partial charge in [-0.25, -0.2) is 4.98 Å². The lowest BCUT2D eigenvalue weighted by molar-refractivity contribution is -0.115. The molecular weight excluding hydrogens is 312 g/mol. The number of benzene rings is 1. The fourth-order valence-electron chi connectivity index (χ4n) is 1.93. The van der Waals surface area contributed by atoms with Crippen molar-refractivity contribution in [1.82, 2.24) is 9.97 Å². The number of aromatic nitrogens is 2. The summed E-state index contributed by atoms with van der Waals surface area (Å²) in [7, 11) is 0. The highest BCUT2D eigenvalue weighted by Crippen LogP contribution is 2.21. The predicted molar refractivity (Wildman–Crippen MR) is 93.7 cm³/mol. The molecule has 4 N–H and O–H groups in total. The van der Waals surface area contributed by atoms with Crippen LogP contribution < -0.4 is 16.6 Å². The smallest absolute Gasteiger partial charge is 0.253 e. The first-order valence-corrected chi connectivity index (χ1v) is 8.17. The molecule has 0 saturated carbocycles. The molecule has 0 aliphatic rings. The zero-order valence-corrected chi connectivity index (χ0v) is 14.1. The minimum absolute atomic E-state index is 0.133. The molecule has 122 valence electrons. The summed E-state index contributed by atoms with van der Waals surface area (Å²) in [5.41, 5.74) is 7.14. The number of H-pyrrole nitrogens is 1. The van der Waals surface area contributed by atoms with Gasteiger partial charge in [0.05, 0.1) is 5.25 Å². The summed E-state index contributed by atoms with van der Waals surface area (Å²) in [6.07, 6.45) is 0. The number of hydrogen-bond donors (Lipinski definition) is 3. The molecule has 0 aliphatic heterocycles. The third-order valence-corrected chi connectivity index (χ3v) is 4.23. The second kappa shape index (κ2) is 7.32. The Morgan fingerprint density at radius 3 is 2.48 bits per heavy atom. The van der Waals surface area contributed by atoms with Crippen LogP contribution >= 0.6 is 11.8 Å². The van der Waals surface area contributed by atoms with Crippen molar-refractivity contribution in [1.29, 1.82) is 0 Å². The van der Waals surface area contributed by atoms with Crippen LogP contribution in [0.15, 0.2) is 40.3 Å². The van der Waals surface area contributed by atoms with E-state index >= 15 is 0 Å². The summed E-state index contributed by atoms with van der Waals surface area (Å²) in [6, 6.07) is 8.95. The van der Waals surface area contributed by atoms with Gasteiger partial charge in [-0.05, 0) is 30.5 Å². The van der Waals surface area contributed by atoms with Crippen molar-refractivity contribution < 1.29 is 4.79 Å². The minimum atomic E-state index is -0.426. The number of carbonyl (C=O) groups excluding carboxylic acids is 1. The molecule has 0 saturated heterocycles. The predicted octanol–water partition coefficient (Wildman–Crippen LogP) is 2.59. The van der Waals surface area contributed by atoms with Gasteiger partial charge >= 0.3 is 0 Å². The first kappa shape index (κ1) is 17.1. The number of hydrogen-bond acceptors (Lipinski definition) is 5. The lowest BCUT2D eigenvalue weighted by Gasteiger charge is -2.12. The van der Waals surface area contributed by atoms with E-state index in [4.69, 9.17) is 5.73 Å². The molecule has 1 heterocycles. The molecule has 1 aromatic heterocycles. The quantitative estimate of drug-likeness (QED) is 0.577. The number of amides is 1. The number of rotatable bonds is 5. The van der Waals surface area contributed by atoms with E-state index in [0.29, 0.717) is 11.1 Å². The van der Waals surface area contributed by atoms with Gasteiger partial charge < -0.3 is 16.0 Å². The topological polar surface area (TPSA) is 101 Å². The average Bonchev–Trinajstić information content (AvgIpc) is 2.46. The first-order valence-electron chi connectivity index (χ1n) is 7.29. The van der Waals surface area contributed by atoms with Gasteiger partial charge in [-0.15, -0.1) is 0 Å². The summed E-state index contributed by atoms with van der Waals surface area (Å²) in [6.45, 7) is 5.98. The van der Waals surface area contributed by atoms with Crippen LogP contribution in [0.4, 0.5) is 11.5 Å². The maximum atomic E-state index is 12.2. The van der Waals surface area contributed by atoms with Crippen LogP contribution in [-0.4, -0.2) is 21.1 Å². The summed E-state index contributed by atoms with van der Waals surface area (Å²) in [4.78, 5) is 30.1. The number of aromatic amines is 1. The number of nitrogen functional groups attached to an aromatic ring is 1. The summed E-state index contributed by atoms with van der Waals surface area (Å²) < 4.78 is 0. The Morgan fingerprint density at radius 1 is 1.26 bits per heavy atom. The van der Waals surface area contributed by atoms with Crippen LogP contribution in [-0.2, 0) is 4.79 Å². The summed E-state index contributed by atoms with van der Waals surface area (Å²) >= 11 is 1.15. The molecule has 0 radical (unpaired) electrons. The van der Waals surface area contributed by atoms with E-state index < -0.39 is 5.25 Å². The number of anilines is 2. The third kappa shape index (κ3) is 4.85. The highest BCUT2D eigenvalue weighted by atomic mass is 32.2. The van der Waals surface area contributed by atoms with Crippen molar-refractivity contribution in [3.8, 4) is 0 Å². The molecule has 2 aromatic rings. The lowest BCUT2D eigenvalue weighted by Crippen LogP contribution is -2.23. The van der Waals surface area contributed by atoms with Gasteiger partial charge in [-0.3, -0.25) is 9.59 Å². The molecule has 0 fully saturated rings.